The van der Waals surface area contributed by atoms with Crippen LogP contribution in [-0.2, 0) is 23.0 Å². The lowest BCUT2D eigenvalue weighted by Gasteiger charge is -2.37. The molecule has 1 aromatic carbocycles. The van der Waals surface area contributed by atoms with Crippen molar-refractivity contribution in [3.05, 3.63) is 48.4 Å². The highest BCUT2D eigenvalue weighted by Crippen LogP contribution is 2.49. The summed E-state index contributed by atoms with van der Waals surface area (Å²) in [6.07, 6.45) is 4.36. The minimum Gasteiger partial charge on any atom is -0.381 e. The first-order valence-corrected chi connectivity index (χ1v) is 10.7. The third-order valence-corrected chi connectivity index (χ3v) is 6.60. The quantitative estimate of drug-likeness (QED) is 0.622. The van der Waals surface area contributed by atoms with Crippen molar-refractivity contribution in [2.45, 2.75) is 31.6 Å². The monoisotopic (exact) mass is 422 g/mol. The lowest BCUT2D eigenvalue weighted by Crippen LogP contribution is -2.37. The number of nitrogens with zero attached hydrogens (tertiary/aromatic N) is 6. The smallest absolute Gasteiger partial charge is 0.227 e. The molecule has 5 rings (SSSR count). The largest absolute Gasteiger partial charge is 0.381 e. The number of hydrogen-bond donors (Lipinski definition) is 0. The lowest BCUT2D eigenvalue weighted by molar-refractivity contribution is -0.131. The molecule has 1 atom stereocenters. The van der Waals surface area contributed by atoms with E-state index in [2.05, 4.69) is 20.3 Å². The first-order chi connectivity index (χ1) is 15.1. The van der Waals surface area contributed by atoms with Gasteiger partial charge in [0.15, 0.2) is 0 Å². The van der Waals surface area contributed by atoms with Gasteiger partial charge in [0.05, 0.1) is 0 Å². The lowest BCUT2D eigenvalue weighted by atomic mass is 9.72. The standard InChI is InChI=1S/C22H26N6O3/c1-27-15-23-25-21(27)17-13-28(14-22(17)9-11-30-12-10-22)19(29)8-7-18-24-20(26-31-18)16-5-3-2-4-6-16/h2-6,15,17H,7-14H2,1H3. The van der Waals surface area contributed by atoms with Gasteiger partial charge in [-0.3, -0.25) is 4.79 Å². The van der Waals surface area contributed by atoms with Gasteiger partial charge in [-0.25, -0.2) is 0 Å². The van der Waals surface area contributed by atoms with Crippen molar-refractivity contribution in [2.24, 2.45) is 12.5 Å². The second kappa shape index (κ2) is 8.22. The van der Waals surface area contributed by atoms with Crippen LogP contribution in [0.4, 0.5) is 0 Å². The molecule has 0 aliphatic carbocycles. The summed E-state index contributed by atoms with van der Waals surface area (Å²) in [5.74, 6) is 2.25. The average molecular weight is 422 g/mol. The van der Waals surface area contributed by atoms with Gasteiger partial charge in [-0.15, -0.1) is 10.2 Å². The third-order valence-electron chi connectivity index (χ3n) is 6.60. The summed E-state index contributed by atoms with van der Waals surface area (Å²) in [5, 5.41) is 12.5. The first-order valence-electron chi connectivity index (χ1n) is 10.7. The molecule has 2 aliphatic rings. The number of amides is 1. The van der Waals surface area contributed by atoms with Crippen molar-refractivity contribution in [2.75, 3.05) is 26.3 Å². The van der Waals surface area contributed by atoms with Gasteiger partial charge >= 0.3 is 0 Å². The molecule has 0 N–H and O–H groups in total. The Bertz CT molecular complexity index is 1040. The van der Waals surface area contributed by atoms with E-state index in [0.717, 1.165) is 44.0 Å². The molecule has 2 aliphatic heterocycles. The van der Waals surface area contributed by atoms with Crippen molar-refractivity contribution in [1.29, 1.82) is 0 Å². The molecule has 1 spiro atoms. The van der Waals surface area contributed by atoms with Gasteiger partial charge < -0.3 is 18.7 Å². The normalized spacial score (nSPS) is 20.4. The van der Waals surface area contributed by atoms with E-state index < -0.39 is 0 Å². The molecular formula is C22H26N6O3. The topological polar surface area (TPSA) is 99.2 Å². The molecule has 2 saturated heterocycles. The molecular weight excluding hydrogens is 396 g/mol. The van der Waals surface area contributed by atoms with Crippen LogP contribution in [0.15, 0.2) is 41.2 Å². The molecule has 162 valence electrons. The van der Waals surface area contributed by atoms with Gasteiger partial charge in [0.1, 0.15) is 12.2 Å². The van der Waals surface area contributed by atoms with Crippen LogP contribution in [0.25, 0.3) is 11.4 Å². The molecule has 1 amide bonds. The number of rotatable bonds is 5. The maximum atomic E-state index is 13.1. The zero-order valence-electron chi connectivity index (χ0n) is 17.6. The third kappa shape index (κ3) is 3.85. The molecule has 2 aromatic heterocycles. The minimum absolute atomic E-state index is 0.000328. The maximum absolute atomic E-state index is 13.1. The Morgan fingerprint density at radius 2 is 2.03 bits per heavy atom. The summed E-state index contributed by atoms with van der Waals surface area (Å²) in [7, 11) is 1.97. The fourth-order valence-corrected chi connectivity index (χ4v) is 4.84. The molecule has 9 heteroatoms. The van der Waals surface area contributed by atoms with Crippen molar-refractivity contribution < 1.29 is 14.1 Å². The maximum Gasteiger partial charge on any atom is 0.227 e. The first kappa shape index (κ1) is 19.9. The number of aryl methyl sites for hydroxylation is 2. The van der Waals surface area contributed by atoms with E-state index >= 15 is 0 Å². The fraction of sp³-hybridized carbons (Fsp3) is 0.500. The van der Waals surface area contributed by atoms with Gasteiger partial charge in [0.25, 0.3) is 0 Å². The Morgan fingerprint density at radius 1 is 1.23 bits per heavy atom. The van der Waals surface area contributed by atoms with E-state index in [-0.39, 0.29) is 17.2 Å². The van der Waals surface area contributed by atoms with Crippen molar-refractivity contribution >= 4 is 5.91 Å². The molecule has 0 radical (unpaired) electrons. The zero-order chi connectivity index (χ0) is 21.3. The predicted octanol–water partition coefficient (Wildman–Crippen LogP) is 2.22. The number of aromatic nitrogens is 5. The van der Waals surface area contributed by atoms with Gasteiger partial charge in [-0.1, -0.05) is 35.5 Å². The molecule has 1 unspecified atom stereocenters. The number of likely N-dealkylation sites (tertiary alicyclic amines) is 1. The highest BCUT2D eigenvalue weighted by atomic mass is 16.5. The van der Waals surface area contributed by atoms with Gasteiger partial charge in [-0.05, 0) is 12.8 Å². The highest BCUT2D eigenvalue weighted by molar-refractivity contribution is 5.77. The summed E-state index contributed by atoms with van der Waals surface area (Å²) in [4.78, 5) is 19.5. The molecule has 31 heavy (non-hydrogen) atoms. The highest BCUT2D eigenvalue weighted by Gasteiger charge is 2.50. The minimum atomic E-state index is -0.000328. The molecule has 4 heterocycles. The van der Waals surface area contributed by atoms with E-state index in [1.54, 1.807) is 6.33 Å². The number of benzene rings is 1. The number of carbonyl (C=O) groups excluding carboxylic acids is 1. The van der Waals surface area contributed by atoms with Crippen molar-refractivity contribution in [3.8, 4) is 11.4 Å². The Kier molecular flexibility index (Phi) is 5.27. The molecule has 9 nitrogen and oxygen atoms in total. The van der Waals surface area contributed by atoms with Gasteiger partial charge in [0.2, 0.25) is 17.6 Å². The second-order valence-corrected chi connectivity index (χ2v) is 8.48. The Hall–Kier alpha value is -3.07. The van der Waals surface area contributed by atoms with Crippen LogP contribution in [0.3, 0.4) is 0 Å². The van der Waals surface area contributed by atoms with E-state index in [9.17, 15) is 4.79 Å². The van der Waals surface area contributed by atoms with Crippen LogP contribution in [0.5, 0.6) is 0 Å². The molecule has 0 saturated carbocycles. The predicted molar refractivity (Wildman–Crippen MR) is 111 cm³/mol. The molecule has 2 fully saturated rings. The van der Waals surface area contributed by atoms with E-state index in [1.807, 2.05) is 46.8 Å². The van der Waals surface area contributed by atoms with Crippen LogP contribution >= 0.6 is 0 Å². The van der Waals surface area contributed by atoms with E-state index in [4.69, 9.17) is 9.26 Å². The Balaban J connectivity index is 1.27. The number of hydrogen-bond acceptors (Lipinski definition) is 7. The second-order valence-electron chi connectivity index (χ2n) is 8.48. The summed E-state index contributed by atoms with van der Waals surface area (Å²) in [6, 6.07) is 9.68. The van der Waals surface area contributed by atoms with Crippen molar-refractivity contribution in [3.63, 3.8) is 0 Å². The Labute approximate surface area is 180 Å². The van der Waals surface area contributed by atoms with Crippen LogP contribution in [0, 0.1) is 5.41 Å². The van der Waals surface area contributed by atoms with Crippen LogP contribution < -0.4 is 0 Å². The summed E-state index contributed by atoms with van der Waals surface area (Å²) >= 11 is 0. The summed E-state index contributed by atoms with van der Waals surface area (Å²) in [6.45, 7) is 2.83. The van der Waals surface area contributed by atoms with Gasteiger partial charge in [-0.2, -0.15) is 4.98 Å². The molecule has 3 aromatic rings. The fourth-order valence-electron chi connectivity index (χ4n) is 4.84. The van der Waals surface area contributed by atoms with E-state index in [0.29, 0.717) is 31.1 Å². The summed E-state index contributed by atoms with van der Waals surface area (Å²) < 4.78 is 13.0. The van der Waals surface area contributed by atoms with Crippen LogP contribution in [0.1, 0.15) is 36.9 Å². The summed E-state index contributed by atoms with van der Waals surface area (Å²) in [5.41, 5.74) is 0.899. The zero-order valence-corrected chi connectivity index (χ0v) is 17.6. The van der Waals surface area contributed by atoms with E-state index in [1.165, 1.54) is 0 Å². The van der Waals surface area contributed by atoms with Gasteiger partial charge in [0, 0.05) is 63.1 Å². The SMILES string of the molecule is Cn1cnnc1C1CN(C(=O)CCc2nc(-c3ccccc3)no2)CC12CCOCC2. The van der Waals surface area contributed by atoms with Crippen LogP contribution in [0.2, 0.25) is 0 Å². The van der Waals surface area contributed by atoms with Crippen molar-refractivity contribution in [1.82, 2.24) is 29.8 Å². The number of carbonyl (C=O) groups is 1. The number of ether oxygens (including phenoxy) is 1. The Morgan fingerprint density at radius 3 is 2.77 bits per heavy atom. The molecule has 0 bridgehead atoms. The van der Waals surface area contributed by atoms with Crippen LogP contribution in [-0.4, -0.2) is 62.0 Å². The average Bonchev–Trinajstić information content (AvgIpc) is 3.52.